The van der Waals surface area contributed by atoms with Gasteiger partial charge in [0.1, 0.15) is 17.6 Å². The van der Waals surface area contributed by atoms with E-state index in [0.29, 0.717) is 24.5 Å². The highest BCUT2D eigenvalue weighted by Crippen LogP contribution is 2.31. The SMILES string of the molecule is CCOc1cc(-c2ccc(N3CCN(C(C)=O)C(C)C3)nc2)c2c(C#N)cnn2c1. The first-order valence-corrected chi connectivity index (χ1v) is 10.0. The summed E-state index contributed by atoms with van der Waals surface area (Å²) >= 11 is 0. The Morgan fingerprint density at radius 2 is 2.17 bits per heavy atom. The van der Waals surface area contributed by atoms with Crippen molar-refractivity contribution in [1.29, 1.82) is 5.26 Å². The highest BCUT2D eigenvalue weighted by atomic mass is 16.5. The van der Waals surface area contributed by atoms with Gasteiger partial charge in [-0.05, 0) is 32.0 Å². The predicted molar refractivity (Wildman–Crippen MR) is 113 cm³/mol. The maximum Gasteiger partial charge on any atom is 0.219 e. The molecule has 30 heavy (non-hydrogen) atoms. The minimum atomic E-state index is 0.109. The lowest BCUT2D eigenvalue weighted by Gasteiger charge is -2.40. The second-order valence-corrected chi connectivity index (χ2v) is 7.40. The minimum absolute atomic E-state index is 0.109. The molecule has 0 N–H and O–H groups in total. The molecule has 3 aromatic heterocycles. The van der Waals surface area contributed by atoms with Gasteiger partial charge in [0, 0.05) is 49.9 Å². The second kappa shape index (κ2) is 8.03. The van der Waals surface area contributed by atoms with Crippen LogP contribution >= 0.6 is 0 Å². The summed E-state index contributed by atoms with van der Waals surface area (Å²) in [4.78, 5) is 20.5. The third kappa shape index (κ3) is 3.54. The number of hydrogen-bond acceptors (Lipinski definition) is 6. The van der Waals surface area contributed by atoms with Gasteiger partial charge in [0.25, 0.3) is 0 Å². The molecular weight excluding hydrogens is 380 g/mol. The van der Waals surface area contributed by atoms with Crippen molar-refractivity contribution >= 4 is 17.2 Å². The number of aromatic nitrogens is 3. The van der Waals surface area contributed by atoms with Crippen molar-refractivity contribution in [2.75, 3.05) is 31.1 Å². The minimum Gasteiger partial charge on any atom is -0.492 e. The van der Waals surface area contributed by atoms with E-state index in [1.807, 2.05) is 36.2 Å². The van der Waals surface area contributed by atoms with Gasteiger partial charge in [-0.25, -0.2) is 9.50 Å². The summed E-state index contributed by atoms with van der Waals surface area (Å²) < 4.78 is 7.35. The Balaban J connectivity index is 1.66. The lowest BCUT2D eigenvalue weighted by atomic mass is 10.1. The molecule has 0 radical (unpaired) electrons. The molecule has 0 saturated carbocycles. The maximum atomic E-state index is 11.7. The average Bonchev–Trinajstić information content (AvgIpc) is 3.16. The lowest BCUT2D eigenvalue weighted by Crippen LogP contribution is -2.53. The van der Waals surface area contributed by atoms with Gasteiger partial charge >= 0.3 is 0 Å². The molecule has 1 aliphatic heterocycles. The van der Waals surface area contributed by atoms with E-state index in [0.717, 1.165) is 35.6 Å². The molecule has 1 aliphatic rings. The van der Waals surface area contributed by atoms with E-state index in [-0.39, 0.29) is 11.9 Å². The van der Waals surface area contributed by atoms with Crippen LogP contribution < -0.4 is 9.64 Å². The fourth-order valence-electron chi connectivity index (χ4n) is 4.01. The topological polar surface area (TPSA) is 86.8 Å². The molecule has 4 heterocycles. The summed E-state index contributed by atoms with van der Waals surface area (Å²) in [6.07, 6.45) is 5.16. The first kappa shape index (κ1) is 19.7. The van der Waals surface area contributed by atoms with Gasteiger partial charge in [-0.1, -0.05) is 0 Å². The van der Waals surface area contributed by atoms with Crippen LogP contribution in [0.2, 0.25) is 0 Å². The summed E-state index contributed by atoms with van der Waals surface area (Å²) in [5.41, 5.74) is 2.98. The molecule has 0 spiro atoms. The Hall–Kier alpha value is -3.60. The zero-order valence-electron chi connectivity index (χ0n) is 17.4. The smallest absolute Gasteiger partial charge is 0.219 e. The first-order chi connectivity index (χ1) is 14.5. The standard InChI is InChI=1S/C22H24N6O2/c1-4-30-19-9-20(22-18(10-23)12-25-28(22)14-19)17-5-6-21(24-11-17)26-7-8-27(16(3)29)15(2)13-26/h5-6,9,11-12,14-15H,4,7-8,13H2,1-3H3. The monoisotopic (exact) mass is 404 g/mol. The van der Waals surface area contributed by atoms with Gasteiger partial charge in [0.2, 0.25) is 5.91 Å². The Labute approximate surface area is 175 Å². The van der Waals surface area contributed by atoms with Gasteiger partial charge in [-0.3, -0.25) is 4.79 Å². The summed E-state index contributed by atoms with van der Waals surface area (Å²) in [5.74, 6) is 1.67. The van der Waals surface area contributed by atoms with E-state index < -0.39 is 0 Å². The number of carbonyl (C=O) groups excluding carboxylic acids is 1. The van der Waals surface area contributed by atoms with Crippen LogP contribution in [0.25, 0.3) is 16.6 Å². The van der Waals surface area contributed by atoms with Crippen molar-refractivity contribution in [3.8, 4) is 22.9 Å². The number of fused-ring (bicyclic) bond motifs is 1. The number of piperazine rings is 1. The Kier molecular flexibility index (Phi) is 5.27. The van der Waals surface area contributed by atoms with Gasteiger partial charge in [-0.2, -0.15) is 10.4 Å². The molecule has 8 heteroatoms. The number of nitriles is 1. The number of rotatable bonds is 4. The number of carbonyl (C=O) groups is 1. The lowest BCUT2D eigenvalue weighted by molar-refractivity contribution is -0.131. The largest absolute Gasteiger partial charge is 0.492 e. The summed E-state index contributed by atoms with van der Waals surface area (Å²) in [7, 11) is 0. The van der Waals surface area contributed by atoms with Crippen molar-refractivity contribution in [1.82, 2.24) is 19.5 Å². The number of ether oxygens (including phenoxy) is 1. The molecule has 1 unspecified atom stereocenters. The van der Waals surface area contributed by atoms with Gasteiger partial charge in [0.15, 0.2) is 0 Å². The Morgan fingerprint density at radius 1 is 1.33 bits per heavy atom. The van der Waals surface area contributed by atoms with Gasteiger partial charge in [0.05, 0.1) is 30.1 Å². The van der Waals surface area contributed by atoms with Crippen LogP contribution in [0.4, 0.5) is 5.82 Å². The van der Waals surface area contributed by atoms with Crippen LogP contribution in [-0.4, -0.2) is 57.7 Å². The summed E-state index contributed by atoms with van der Waals surface area (Å²) in [6, 6.07) is 8.26. The van der Waals surface area contributed by atoms with Crippen LogP contribution in [0.1, 0.15) is 26.3 Å². The fourth-order valence-corrected chi connectivity index (χ4v) is 4.01. The van der Waals surface area contributed by atoms with Crippen molar-refractivity contribution in [3.63, 3.8) is 0 Å². The first-order valence-electron chi connectivity index (χ1n) is 10.0. The van der Waals surface area contributed by atoms with E-state index in [1.54, 1.807) is 23.8 Å². The van der Waals surface area contributed by atoms with Gasteiger partial charge < -0.3 is 14.5 Å². The highest BCUT2D eigenvalue weighted by molar-refractivity contribution is 5.85. The molecule has 0 aliphatic carbocycles. The van der Waals surface area contributed by atoms with Crippen LogP contribution in [0, 0.1) is 11.3 Å². The summed E-state index contributed by atoms with van der Waals surface area (Å²) in [5, 5.41) is 13.8. The van der Waals surface area contributed by atoms with E-state index in [2.05, 4.69) is 28.0 Å². The van der Waals surface area contributed by atoms with Crippen LogP contribution in [0.3, 0.4) is 0 Å². The third-order valence-corrected chi connectivity index (χ3v) is 5.43. The van der Waals surface area contributed by atoms with E-state index >= 15 is 0 Å². The highest BCUT2D eigenvalue weighted by Gasteiger charge is 2.26. The number of hydrogen-bond donors (Lipinski definition) is 0. The van der Waals surface area contributed by atoms with Gasteiger partial charge in [-0.15, -0.1) is 0 Å². The molecule has 0 bridgehead atoms. The van der Waals surface area contributed by atoms with Crippen molar-refractivity contribution < 1.29 is 9.53 Å². The molecule has 154 valence electrons. The number of pyridine rings is 2. The summed E-state index contributed by atoms with van der Waals surface area (Å²) in [6.45, 7) is 8.33. The maximum absolute atomic E-state index is 11.7. The number of amides is 1. The van der Waals surface area contributed by atoms with Crippen molar-refractivity contribution in [3.05, 3.63) is 42.4 Å². The number of nitrogens with zero attached hydrogens (tertiary/aromatic N) is 6. The second-order valence-electron chi connectivity index (χ2n) is 7.40. The van der Waals surface area contributed by atoms with Crippen molar-refractivity contribution in [2.45, 2.75) is 26.8 Å². The Morgan fingerprint density at radius 3 is 2.80 bits per heavy atom. The molecular formula is C22H24N6O2. The zero-order valence-corrected chi connectivity index (χ0v) is 17.4. The normalized spacial score (nSPS) is 16.5. The number of anilines is 1. The van der Waals surface area contributed by atoms with E-state index in [4.69, 9.17) is 4.74 Å². The van der Waals surface area contributed by atoms with Crippen LogP contribution in [0.5, 0.6) is 5.75 Å². The average molecular weight is 404 g/mol. The molecule has 3 aromatic rings. The Bertz CT molecular complexity index is 1120. The molecule has 0 aromatic carbocycles. The molecule has 1 fully saturated rings. The van der Waals surface area contributed by atoms with E-state index in [9.17, 15) is 10.1 Å². The predicted octanol–water partition coefficient (Wildman–Crippen LogP) is 2.72. The molecule has 1 amide bonds. The van der Waals surface area contributed by atoms with Crippen LogP contribution in [-0.2, 0) is 4.79 Å². The zero-order chi connectivity index (χ0) is 21.3. The van der Waals surface area contributed by atoms with Crippen molar-refractivity contribution in [2.24, 2.45) is 0 Å². The fraction of sp³-hybridized carbons (Fsp3) is 0.364. The third-order valence-electron chi connectivity index (χ3n) is 5.43. The molecule has 4 rings (SSSR count). The molecule has 8 nitrogen and oxygen atoms in total. The van der Waals surface area contributed by atoms with E-state index in [1.165, 1.54) is 0 Å². The quantitative estimate of drug-likeness (QED) is 0.665. The molecule has 1 saturated heterocycles. The van der Waals surface area contributed by atoms with Crippen LogP contribution in [0.15, 0.2) is 36.8 Å². The molecule has 1 atom stereocenters.